The van der Waals surface area contributed by atoms with E-state index in [0.717, 1.165) is 25.1 Å². The Kier molecular flexibility index (Phi) is 5.00. The third kappa shape index (κ3) is 3.67. The molecule has 1 rings (SSSR count). The molecule has 0 fully saturated rings. The van der Waals surface area contributed by atoms with Crippen molar-refractivity contribution in [3.05, 3.63) is 23.8 Å². The van der Waals surface area contributed by atoms with Crippen molar-refractivity contribution in [3.63, 3.8) is 0 Å². The van der Waals surface area contributed by atoms with Gasteiger partial charge < -0.3 is 16.4 Å². The number of unbranched alkanes of at least 4 members (excludes halogenated alkanes) is 1. The van der Waals surface area contributed by atoms with Crippen LogP contribution in [0.1, 0.15) is 25.3 Å². The minimum Gasteiger partial charge on any atom is -0.398 e. The van der Waals surface area contributed by atoms with E-state index in [-0.39, 0.29) is 12.5 Å². The highest BCUT2D eigenvalue weighted by Gasteiger charge is 2.10. The smallest absolute Gasteiger partial charge is 0.236 e. The van der Waals surface area contributed by atoms with Crippen LogP contribution in [0.15, 0.2) is 18.2 Å². The van der Waals surface area contributed by atoms with Crippen LogP contribution in [-0.4, -0.2) is 19.0 Å². The Morgan fingerprint density at radius 1 is 1.50 bits per heavy atom. The molecule has 0 aliphatic carbocycles. The van der Waals surface area contributed by atoms with Gasteiger partial charge in [0.25, 0.3) is 0 Å². The molecule has 0 saturated carbocycles. The molecule has 1 amide bonds. The predicted molar refractivity (Wildman–Crippen MR) is 71.9 cm³/mol. The van der Waals surface area contributed by atoms with Crippen molar-refractivity contribution in [3.8, 4) is 6.07 Å². The van der Waals surface area contributed by atoms with Gasteiger partial charge in [-0.05, 0) is 24.6 Å². The number of rotatable bonds is 6. The molecule has 1 aromatic carbocycles. The molecular weight excluding hydrogens is 228 g/mol. The monoisotopic (exact) mass is 246 g/mol. The summed E-state index contributed by atoms with van der Waals surface area (Å²) in [5.74, 6) is -0.381. The molecule has 0 unspecified atom stereocenters. The van der Waals surface area contributed by atoms with Crippen molar-refractivity contribution < 1.29 is 4.79 Å². The van der Waals surface area contributed by atoms with Crippen LogP contribution in [0, 0.1) is 11.3 Å². The third-order valence-electron chi connectivity index (χ3n) is 2.65. The fourth-order valence-corrected chi connectivity index (χ4v) is 1.69. The van der Waals surface area contributed by atoms with Gasteiger partial charge in [0, 0.05) is 12.2 Å². The normalized spacial score (nSPS) is 9.78. The van der Waals surface area contributed by atoms with E-state index >= 15 is 0 Å². The van der Waals surface area contributed by atoms with Gasteiger partial charge in [0.05, 0.1) is 17.8 Å². The van der Waals surface area contributed by atoms with E-state index in [0.29, 0.717) is 11.3 Å². The third-order valence-corrected chi connectivity index (χ3v) is 2.65. The maximum atomic E-state index is 11.1. The minimum atomic E-state index is -0.381. The van der Waals surface area contributed by atoms with Crippen molar-refractivity contribution in [2.24, 2.45) is 5.73 Å². The number of nitrogen functional groups attached to an aromatic ring is 1. The van der Waals surface area contributed by atoms with Gasteiger partial charge in [0.1, 0.15) is 6.07 Å². The number of carbonyl (C=O) groups is 1. The average Bonchev–Trinajstić information content (AvgIpc) is 2.34. The van der Waals surface area contributed by atoms with Crippen LogP contribution in [0.4, 0.5) is 11.4 Å². The molecular formula is C13H18N4O. The van der Waals surface area contributed by atoms with Crippen molar-refractivity contribution in [1.29, 1.82) is 5.26 Å². The molecule has 4 N–H and O–H groups in total. The van der Waals surface area contributed by atoms with E-state index in [4.69, 9.17) is 16.7 Å². The van der Waals surface area contributed by atoms with Gasteiger partial charge in [0.2, 0.25) is 5.91 Å². The number of anilines is 2. The average molecular weight is 246 g/mol. The summed E-state index contributed by atoms with van der Waals surface area (Å²) in [5, 5.41) is 8.82. The summed E-state index contributed by atoms with van der Waals surface area (Å²) in [6, 6.07) is 7.16. The lowest BCUT2D eigenvalue weighted by Gasteiger charge is -2.23. The summed E-state index contributed by atoms with van der Waals surface area (Å²) in [5.41, 5.74) is 12.7. The second-order valence-corrected chi connectivity index (χ2v) is 4.12. The number of hydrogen-bond donors (Lipinski definition) is 2. The second-order valence-electron chi connectivity index (χ2n) is 4.12. The Bertz CT molecular complexity index is 465. The van der Waals surface area contributed by atoms with Crippen LogP contribution in [0.25, 0.3) is 0 Å². The molecule has 0 radical (unpaired) electrons. The summed E-state index contributed by atoms with van der Waals surface area (Å²) in [7, 11) is 0. The lowest BCUT2D eigenvalue weighted by molar-refractivity contribution is -0.116. The molecule has 0 spiro atoms. The molecule has 0 aliphatic heterocycles. The molecule has 0 aliphatic rings. The largest absolute Gasteiger partial charge is 0.398 e. The Labute approximate surface area is 107 Å². The number of amides is 1. The molecule has 1 aromatic rings. The zero-order chi connectivity index (χ0) is 13.5. The van der Waals surface area contributed by atoms with Gasteiger partial charge >= 0.3 is 0 Å². The number of nitrogens with two attached hydrogens (primary N) is 2. The highest BCUT2D eigenvalue weighted by atomic mass is 16.1. The molecule has 5 heteroatoms. The molecule has 18 heavy (non-hydrogen) atoms. The summed E-state index contributed by atoms with van der Waals surface area (Å²) in [6.07, 6.45) is 1.99. The van der Waals surface area contributed by atoms with E-state index < -0.39 is 0 Å². The van der Waals surface area contributed by atoms with Gasteiger partial charge in [-0.3, -0.25) is 4.79 Å². The second kappa shape index (κ2) is 6.50. The number of benzene rings is 1. The number of hydrogen-bond acceptors (Lipinski definition) is 4. The van der Waals surface area contributed by atoms with Crippen LogP contribution in [0.5, 0.6) is 0 Å². The standard InChI is InChI=1S/C13H18N4O/c1-2-3-6-17(9-13(16)18)11-5-4-10(8-14)12(15)7-11/h4-5,7H,2-3,6,9,15H2,1H3,(H2,16,18). The zero-order valence-electron chi connectivity index (χ0n) is 10.5. The molecule has 0 aromatic heterocycles. The highest BCUT2D eigenvalue weighted by molar-refractivity contribution is 5.80. The fourth-order valence-electron chi connectivity index (χ4n) is 1.69. The zero-order valence-corrected chi connectivity index (χ0v) is 10.5. The van der Waals surface area contributed by atoms with Gasteiger partial charge in [-0.2, -0.15) is 5.26 Å². The maximum Gasteiger partial charge on any atom is 0.236 e. The number of nitriles is 1. The van der Waals surface area contributed by atoms with Crippen LogP contribution < -0.4 is 16.4 Å². The van der Waals surface area contributed by atoms with Gasteiger partial charge in [-0.25, -0.2) is 0 Å². The van der Waals surface area contributed by atoms with Gasteiger partial charge in [-0.1, -0.05) is 13.3 Å². The molecule has 0 atom stereocenters. The van der Waals surface area contributed by atoms with Crippen molar-refractivity contribution >= 4 is 17.3 Å². The van der Waals surface area contributed by atoms with Gasteiger partial charge in [0.15, 0.2) is 0 Å². The molecule has 5 nitrogen and oxygen atoms in total. The van der Waals surface area contributed by atoms with Crippen LogP contribution in [0.3, 0.4) is 0 Å². The van der Waals surface area contributed by atoms with E-state index in [2.05, 4.69) is 6.92 Å². The van der Waals surface area contributed by atoms with Gasteiger partial charge in [-0.15, -0.1) is 0 Å². The summed E-state index contributed by atoms with van der Waals surface area (Å²) in [4.78, 5) is 12.9. The number of carbonyl (C=O) groups excluding carboxylic acids is 1. The minimum absolute atomic E-state index is 0.158. The van der Waals surface area contributed by atoms with E-state index in [1.807, 2.05) is 11.0 Å². The lowest BCUT2D eigenvalue weighted by Crippen LogP contribution is -2.34. The van der Waals surface area contributed by atoms with Crippen LogP contribution >= 0.6 is 0 Å². The number of nitrogens with zero attached hydrogens (tertiary/aromatic N) is 2. The SMILES string of the molecule is CCCCN(CC(N)=O)c1ccc(C#N)c(N)c1. The lowest BCUT2D eigenvalue weighted by atomic mass is 10.1. The molecule has 0 heterocycles. The first-order valence-corrected chi connectivity index (χ1v) is 5.91. The van der Waals surface area contributed by atoms with E-state index in [1.165, 1.54) is 0 Å². The topological polar surface area (TPSA) is 96.1 Å². The van der Waals surface area contributed by atoms with Crippen molar-refractivity contribution in [2.45, 2.75) is 19.8 Å². The summed E-state index contributed by atoms with van der Waals surface area (Å²) >= 11 is 0. The first kappa shape index (κ1) is 13.8. The molecule has 96 valence electrons. The van der Waals surface area contributed by atoms with E-state index in [9.17, 15) is 4.79 Å². The number of primary amides is 1. The van der Waals surface area contributed by atoms with Crippen molar-refractivity contribution in [2.75, 3.05) is 23.7 Å². The maximum absolute atomic E-state index is 11.1. The van der Waals surface area contributed by atoms with Crippen molar-refractivity contribution in [1.82, 2.24) is 0 Å². The molecule has 0 saturated heterocycles. The quantitative estimate of drug-likeness (QED) is 0.738. The Balaban J connectivity index is 2.94. The first-order valence-electron chi connectivity index (χ1n) is 5.91. The van der Waals surface area contributed by atoms with Crippen LogP contribution in [-0.2, 0) is 4.79 Å². The Morgan fingerprint density at radius 2 is 2.22 bits per heavy atom. The fraction of sp³-hybridized carbons (Fsp3) is 0.385. The highest BCUT2D eigenvalue weighted by Crippen LogP contribution is 2.21. The first-order chi connectivity index (χ1) is 8.58. The predicted octanol–water partition coefficient (Wildman–Crippen LogP) is 1.23. The Morgan fingerprint density at radius 3 is 2.72 bits per heavy atom. The Hall–Kier alpha value is -2.22. The van der Waals surface area contributed by atoms with Crippen LogP contribution in [0.2, 0.25) is 0 Å². The summed E-state index contributed by atoms with van der Waals surface area (Å²) < 4.78 is 0. The summed E-state index contributed by atoms with van der Waals surface area (Å²) in [6.45, 7) is 2.98. The molecule has 0 bridgehead atoms. The van der Waals surface area contributed by atoms with E-state index in [1.54, 1.807) is 18.2 Å².